The van der Waals surface area contributed by atoms with Gasteiger partial charge in [0.2, 0.25) is 5.91 Å². The SMILES string of the molecule is CC(=O)NCC[C@]1(c2ccc(F)cc2)CCN([C@@H](C)c2ccc(-c3ccc(F)cc3)c(F)c2)C(=O)O1. The van der Waals surface area contributed by atoms with Crippen LogP contribution in [0.4, 0.5) is 18.0 Å². The molecular weight excluding hydrogens is 469 g/mol. The maximum absolute atomic E-state index is 14.9. The van der Waals surface area contributed by atoms with Crippen LogP contribution in [0.2, 0.25) is 0 Å². The number of hydrogen-bond acceptors (Lipinski definition) is 3. The van der Waals surface area contributed by atoms with Crippen molar-refractivity contribution in [3.05, 3.63) is 95.3 Å². The third-order valence-electron chi connectivity index (χ3n) is 6.65. The summed E-state index contributed by atoms with van der Waals surface area (Å²) in [4.78, 5) is 26.1. The Labute approximate surface area is 207 Å². The van der Waals surface area contributed by atoms with Gasteiger partial charge in [-0.25, -0.2) is 18.0 Å². The number of amides is 2. The van der Waals surface area contributed by atoms with E-state index in [1.807, 2.05) is 0 Å². The molecule has 1 N–H and O–H groups in total. The number of nitrogens with zero attached hydrogens (tertiary/aromatic N) is 1. The molecule has 0 radical (unpaired) electrons. The van der Waals surface area contributed by atoms with E-state index in [1.54, 1.807) is 31.2 Å². The van der Waals surface area contributed by atoms with Crippen molar-refractivity contribution in [3.8, 4) is 11.1 Å². The largest absolute Gasteiger partial charge is 0.438 e. The average molecular weight is 497 g/mol. The molecule has 0 bridgehead atoms. The Morgan fingerprint density at radius 3 is 2.25 bits per heavy atom. The Balaban J connectivity index is 1.53. The van der Waals surface area contributed by atoms with Gasteiger partial charge in [-0.3, -0.25) is 4.79 Å². The van der Waals surface area contributed by atoms with Gasteiger partial charge in [-0.05, 0) is 53.9 Å². The lowest BCUT2D eigenvalue weighted by Crippen LogP contribution is -2.49. The first-order chi connectivity index (χ1) is 17.2. The van der Waals surface area contributed by atoms with Gasteiger partial charge in [0.05, 0.1) is 6.04 Å². The molecule has 1 aliphatic heterocycles. The van der Waals surface area contributed by atoms with Crippen molar-refractivity contribution in [1.29, 1.82) is 0 Å². The van der Waals surface area contributed by atoms with Crippen LogP contribution in [-0.2, 0) is 15.1 Å². The van der Waals surface area contributed by atoms with Gasteiger partial charge in [0.15, 0.2) is 0 Å². The summed E-state index contributed by atoms with van der Waals surface area (Å²) in [5, 5.41) is 2.72. The lowest BCUT2D eigenvalue weighted by molar-refractivity contribution is -0.119. The van der Waals surface area contributed by atoms with Gasteiger partial charge < -0.3 is 15.0 Å². The molecular formula is C28H27F3N2O3. The van der Waals surface area contributed by atoms with Crippen molar-refractivity contribution in [2.75, 3.05) is 13.1 Å². The summed E-state index contributed by atoms with van der Waals surface area (Å²) >= 11 is 0. The van der Waals surface area contributed by atoms with Crippen LogP contribution in [0.5, 0.6) is 0 Å². The molecule has 0 unspecified atom stereocenters. The van der Waals surface area contributed by atoms with E-state index in [4.69, 9.17) is 4.74 Å². The normalized spacial score (nSPS) is 18.5. The first kappa shape index (κ1) is 25.3. The van der Waals surface area contributed by atoms with Crippen LogP contribution in [0.25, 0.3) is 11.1 Å². The van der Waals surface area contributed by atoms with E-state index >= 15 is 0 Å². The lowest BCUT2D eigenvalue weighted by Gasteiger charge is -2.43. The van der Waals surface area contributed by atoms with Gasteiger partial charge in [0.25, 0.3) is 0 Å². The van der Waals surface area contributed by atoms with Crippen LogP contribution in [-0.4, -0.2) is 30.0 Å². The highest BCUT2D eigenvalue weighted by molar-refractivity contribution is 5.73. The second-order valence-electron chi connectivity index (χ2n) is 8.97. The van der Waals surface area contributed by atoms with Crippen LogP contribution < -0.4 is 5.32 Å². The van der Waals surface area contributed by atoms with Crippen molar-refractivity contribution in [2.24, 2.45) is 0 Å². The molecule has 0 aliphatic carbocycles. The van der Waals surface area contributed by atoms with E-state index in [2.05, 4.69) is 5.32 Å². The Bertz CT molecular complexity index is 1250. The molecule has 4 rings (SSSR count). The molecule has 0 spiro atoms. The summed E-state index contributed by atoms with van der Waals surface area (Å²) in [6, 6.07) is 15.6. The fraction of sp³-hybridized carbons (Fsp3) is 0.286. The second kappa shape index (κ2) is 10.4. The number of hydrogen-bond donors (Lipinski definition) is 1. The predicted molar refractivity (Wildman–Crippen MR) is 129 cm³/mol. The standard InChI is InChI=1S/C28H27F3N2O3/c1-18(21-5-12-25(26(31)17-21)20-3-8-23(29)9-4-20)33-16-14-28(36-27(33)35,13-15-32-19(2)34)22-6-10-24(30)11-7-22/h3-12,17-18H,13-16H2,1-2H3,(H,32,34)/t18-,28+/m0/s1. The zero-order valence-electron chi connectivity index (χ0n) is 20.1. The quantitative estimate of drug-likeness (QED) is 0.430. The maximum atomic E-state index is 14.9. The molecule has 0 aromatic heterocycles. The van der Waals surface area contributed by atoms with Crippen molar-refractivity contribution in [2.45, 2.75) is 38.3 Å². The highest BCUT2D eigenvalue weighted by atomic mass is 19.1. The molecule has 8 heteroatoms. The highest BCUT2D eigenvalue weighted by Crippen LogP contribution is 2.40. The molecule has 2 atom stereocenters. The second-order valence-corrected chi connectivity index (χ2v) is 8.97. The molecule has 188 valence electrons. The van der Waals surface area contributed by atoms with Crippen molar-refractivity contribution < 1.29 is 27.5 Å². The Kier molecular flexibility index (Phi) is 7.33. The smallest absolute Gasteiger partial charge is 0.411 e. The molecule has 3 aromatic carbocycles. The van der Waals surface area contributed by atoms with E-state index in [0.717, 1.165) is 0 Å². The van der Waals surface area contributed by atoms with E-state index < -0.39 is 35.2 Å². The number of halogens is 3. The molecule has 36 heavy (non-hydrogen) atoms. The molecule has 1 aliphatic rings. The fourth-order valence-electron chi connectivity index (χ4n) is 4.57. The zero-order valence-corrected chi connectivity index (χ0v) is 20.1. The van der Waals surface area contributed by atoms with E-state index in [-0.39, 0.29) is 12.5 Å². The molecule has 1 fully saturated rings. The Morgan fingerprint density at radius 1 is 1.03 bits per heavy atom. The molecule has 5 nitrogen and oxygen atoms in total. The van der Waals surface area contributed by atoms with Crippen molar-refractivity contribution in [1.82, 2.24) is 10.2 Å². The molecule has 1 saturated heterocycles. The monoisotopic (exact) mass is 496 g/mol. The average Bonchev–Trinajstić information content (AvgIpc) is 2.84. The van der Waals surface area contributed by atoms with Gasteiger partial charge in [-0.15, -0.1) is 0 Å². The van der Waals surface area contributed by atoms with Gasteiger partial charge in [-0.2, -0.15) is 0 Å². The lowest BCUT2D eigenvalue weighted by atomic mass is 9.85. The van der Waals surface area contributed by atoms with Crippen LogP contribution >= 0.6 is 0 Å². The van der Waals surface area contributed by atoms with Gasteiger partial charge >= 0.3 is 6.09 Å². The number of cyclic esters (lactones) is 1. The summed E-state index contributed by atoms with van der Waals surface area (Å²) in [6.07, 6.45) is 0.154. The first-order valence-corrected chi connectivity index (χ1v) is 11.7. The molecule has 2 amide bonds. The molecule has 3 aromatic rings. The zero-order chi connectivity index (χ0) is 25.9. The Morgan fingerprint density at radius 2 is 1.67 bits per heavy atom. The third kappa shape index (κ3) is 5.37. The van der Waals surface area contributed by atoms with E-state index in [0.29, 0.717) is 41.6 Å². The van der Waals surface area contributed by atoms with Crippen LogP contribution in [0.15, 0.2) is 66.7 Å². The topological polar surface area (TPSA) is 58.6 Å². The summed E-state index contributed by atoms with van der Waals surface area (Å²) in [7, 11) is 0. The minimum absolute atomic E-state index is 0.201. The molecule has 0 saturated carbocycles. The summed E-state index contributed by atoms with van der Waals surface area (Å²) in [5.74, 6) is -1.49. The van der Waals surface area contributed by atoms with Gasteiger partial charge in [-0.1, -0.05) is 36.4 Å². The van der Waals surface area contributed by atoms with Crippen LogP contribution in [0.1, 0.15) is 43.9 Å². The summed E-state index contributed by atoms with van der Waals surface area (Å²) in [5.41, 5.74) is 1.09. The fourth-order valence-corrected chi connectivity index (χ4v) is 4.57. The summed E-state index contributed by atoms with van der Waals surface area (Å²) < 4.78 is 47.7. The van der Waals surface area contributed by atoms with Gasteiger partial charge in [0, 0.05) is 38.4 Å². The van der Waals surface area contributed by atoms with Crippen LogP contribution in [0.3, 0.4) is 0 Å². The number of ether oxygens (including phenoxy) is 1. The van der Waals surface area contributed by atoms with Crippen molar-refractivity contribution >= 4 is 12.0 Å². The number of carbonyl (C=O) groups excluding carboxylic acids is 2. The van der Waals surface area contributed by atoms with E-state index in [9.17, 15) is 22.8 Å². The number of benzene rings is 3. The summed E-state index contributed by atoms with van der Waals surface area (Å²) in [6.45, 7) is 3.79. The van der Waals surface area contributed by atoms with Crippen LogP contribution in [0, 0.1) is 17.5 Å². The third-order valence-corrected chi connectivity index (χ3v) is 6.65. The minimum Gasteiger partial charge on any atom is -0.438 e. The Hall–Kier alpha value is -3.81. The predicted octanol–water partition coefficient (Wildman–Crippen LogP) is 6.10. The highest BCUT2D eigenvalue weighted by Gasteiger charge is 2.43. The molecule has 1 heterocycles. The van der Waals surface area contributed by atoms with Gasteiger partial charge in [0.1, 0.15) is 23.1 Å². The van der Waals surface area contributed by atoms with Crippen molar-refractivity contribution in [3.63, 3.8) is 0 Å². The number of rotatable bonds is 7. The van der Waals surface area contributed by atoms with E-state index in [1.165, 1.54) is 54.3 Å². The minimum atomic E-state index is -1.03. The first-order valence-electron chi connectivity index (χ1n) is 11.7. The number of nitrogens with one attached hydrogen (secondary N) is 1. The maximum Gasteiger partial charge on any atom is 0.411 e. The number of carbonyl (C=O) groups is 2.